The maximum atomic E-state index is 12.8. The topological polar surface area (TPSA) is 86.7 Å². The molecule has 2 aromatic rings. The van der Waals surface area contributed by atoms with Crippen LogP contribution in [0.4, 0.5) is 26.3 Å². The first-order valence-corrected chi connectivity index (χ1v) is 13.5. The molecule has 4 bridgehead atoms. The van der Waals surface area contributed by atoms with Gasteiger partial charge in [-0.2, -0.15) is 43.2 Å². The molecule has 34 heavy (non-hydrogen) atoms. The van der Waals surface area contributed by atoms with Crippen LogP contribution < -0.4 is 8.37 Å². The highest BCUT2D eigenvalue weighted by atomic mass is 79.9. The Morgan fingerprint density at radius 3 is 1.18 bits per heavy atom. The molecule has 6 nitrogen and oxygen atoms in total. The molecule has 0 saturated carbocycles. The minimum atomic E-state index is -5.95. The number of rotatable bonds is 4. The zero-order valence-corrected chi connectivity index (χ0v) is 21.2. The third kappa shape index (κ3) is 5.65. The second kappa shape index (κ2) is 9.17. The molecule has 4 aliphatic rings. The van der Waals surface area contributed by atoms with Crippen LogP contribution in [0.15, 0.2) is 33.2 Å². The van der Waals surface area contributed by atoms with Gasteiger partial charge < -0.3 is 8.37 Å². The van der Waals surface area contributed by atoms with E-state index in [1.165, 1.54) is 12.1 Å². The van der Waals surface area contributed by atoms with E-state index < -0.39 is 42.8 Å². The fraction of sp³-hybridized carbons (Fsp3) is 0.333. The molecule has 6 rings (SSSR count). The summed E-state index contributed by atoms with van der Waals surface area (Å²) in [4.78, 5) is 0. The Kier molecular flexibility index (Phi) is 7.30. The first-order chi connectivity index (χ1) is 15.4. The minimum absolute atomic E-state index is 0.0441. The molecule has 188 valence electrons. The Bertz CT molecular complexity index is 1230. The lowest BCUT2D eigenvalue weighted by Crippen LogP contribution is -2.28. The number of hydrogen-bond donors (Lipinski definition) is 0. The van der Waals surface area contributed by atoms with E-state index in [0.29, 0.717) is 8.95 Å². The van der Waals surface area contributed by atoms with Crippen LogP contribution in [-0.2, 0) is 45.9 Å². The second-order valence-corrected chi connectivity index (χ2v) is 11.9. The zero-order valence-electron chi connectivity index (χ0n) is 16.4. The van der Waals surface area contributed by atoms with Crippen LogP contribution in [0.25, 0.3) is 0 Å². The van der Waals surface area contributed by atoms with Crippen molar-refractivity contribution >= 4 is 52.1 Å². The fourth-order valence-electron chi connectivity index (χ4n) is 3.07. The molecular weight excluding hydrogens is 650 g/mol. The monoisotopic (exact) mass is 660 g/mol. The van der Waals surface area contributed by atoms with Crippen LogP contribution in [0.5, 0.6) is 11.5 Å². The molecule has 2 aromatic carbocycles. The molecular formula is C18H12Br2F6O6S2. The summed E-state index contributed by atoms with van der Waals surface area (Å²) in [6.07, 6.45) is -0.301. The molecule has 0 fully saturated rings. The number of alkyl halides is 6. The minimum Gasteiger partial charge on any atom is -0.376 e. The molecule has 16 heteroatoms. The lowest BCUT2D eigenvalue weighted by molar-refractivity contribution is -0.0505. The van der Waals surface area contributed by atoms with Gasteiger partial charge in [0, 0.05) is 8.95 Å². The van der Waals surface area contributed by atoms with Crippen LogP contribution in [0.2, 0.25) is 0 Å². The van der Waals surface area contributed by atoms with Crippen molar-refractivity contribution in [3.8, 4) is 11.5 Å². The Labute approximate surface area is 206 Å². The summed E-state index contributed by atoms with van der Waals surface area (Å²) in [5.41, 5.74) is -10.7. The van der Waals surface area contributed by atoms with Crippen LogP contribution in [0, 0.1) is 0 Å². The number of halogens is 8. The van der Waals surface area contributed by atoms with Crippen molar-refractivity contribution < 1.29 is 51.5 Å². The van der Waals surface area contributed by atoms with Crippen molar-refractivity contribution in [1.82, 2.24) is 0 Å². The Morgan fingerprint density at radius 2 is 0.882 bits per heavy atom. The maximum absolute atomic E-state index is 12.8. The summed E-state index contributed by atoms with van der Waals surface area (Å²) in [5.74, 6) is -1.09. The van der Waals surface area contributed by atoms with Gasteiger partial charge in [0.05, 0.1) is 0 Å². The Hall–Kier alpha value is -1.52. The normalized spacial score (nSPS) is 15.1. The number of hydrogen-bond acceptors (Lipinski definition) is 6. The van der Waals surface area contributed by atoms with Gasteiger partial charge in [0.2, 0.25) is 0 Å². The van der Waals surface area contributed by atoms with Crippen LogP contribution in [0.3, 0.4) is 0 Å². The largest absolute Gasteiger partial charge is 0.534 e. The highest BCUT2D eigenvalue weighted by Crippen LogP contribution is 2.38. The summed E-state index contributed by atoms with van der Waals surface area (Å²) < 4.78 is 133. The van der Waals surface area contributed by atoms with E-state index in [9.17, 15) is 43.2 Å². The van der Waals surface area contributed by atoms with E-state index in [1.54, 1.807) is 0 Å². The second-order valence-electron chi connectivity index (χ2n) is 7.07. The molecule has 0 unspecified atom stereocenters. The molecule has 4 aliphatic carbocycles. The van der Waals surface area contributed by atoms with Crippen molar-refractivity contribution in [2.45, 2.75) is 36.7 Å². The van der Waals surface area contributed by atoms with Crippen molar-refractivity contribution in [3.63, 3.8) is 0 Å². The molecule has 0 saturated heterocycles. The molecule has 0 atom stereocenters. The van der Waals surface area contributed by atoms with Gasteiger partial charge in [0.1, 0.15) is 11.5 Å². The van der Waals surface area contributed by atoms with Gasteiger partial charge in [-0.25, -0.2) is 0 Å². The molecule has 0 aromatic heterocycles. The van der Waals surface area contributed by atoms with E-state index in [-0.39, 0.29) is 47.9 Å². The quantitative estimate of drug-likeness (QED) is 0.243. The fourth-order valence-corrected chi connectivity index (χ4v) is 5.22. The molecule has 0 N–H and O–H groups in total. The lowest BCUT2D eigenvalue weighted by atomic mass is 9.95. The average molecular weight is 662 g/mol. The average Bonchev–Trinajstić information content (AvgIpc) is 2.65. The maximum Gasteiger partial charge on any atom is 0.534 e. The third-order valence-electron chi connectivity index (χ3n) is 4.75. The van der Waals surface area contributed by atoms with Crippen molar-refractivity contribution in [2.24, 2.45) is 0 Å². The molecule has 0 aliphatic heterocycles. The van der Waals surface area contributed by atoms with E-state index in [4.69, 9.17) is 0 Å². The first-order valence-electron chi connectivity index (χ1n) is 9.05. The summed E-state index contributed by atoms with van der Waals surface area (Å²) in [6.45, 7) is 0. The molecule has 0 heterocycles. The predicted molar refractivity (Wildman–Crippen MR) is 114 cm³/mol. The Morgan fingerprint density at radius 1 is 0.588 bits per heavy atom. The summed E-state index contributed by atoms with van der Waals surface area (Å²) in [5, 5.41) is 0. The number of aryl methyl sites for hydroxylation is 4. The highest BCUT2D eigenvalue weighted by Gasteiger charge is 2.49. The summed E-state index contributed by atoms with van der Waals surface area (Å²) in [7, 11) is -11.9. The van der Waals surface area contributed by atoms with E-state index in [1.807, 2.05) is 0 Å². The lowest BCUT2D eigenvalue weighted by Gasteiger charge is -2.19. The van der Waals surface area contributed by atoms with Gasteiger partial charge in [0.15, 0.2) is 0 Å². The van der Waals surface area contributed by atoms with Crippen LogP contribution in [0.1, 0.15) is 22.3 Å². The third-order valence-corrected chi connectivity index (χ3v) is 8.16. The van der Waals surface area contributed by atoms with Crippen molar-refractivity contribution in [3.05, 3.63) is 55.5 Å². The molecule has 0 spiro atoms. The van der Waals surface area contributed by atoms with Crippen molar-refractivity contribution in [2.75, 3.05) is 0 Å². The van der Waals surface area contributed by atoms with E-state index in [0.717, 1.165) is 12.1 Å². The van der Waals surface area contributed by atoms with E-state index >= 15 is 0 Å². The Balaban J connectivity index is 2.07. The van der Waals surface area contributed by atoms with Gasteiger partial charge >= 0.3 is 31.3 Å². The number of benzene rings is 2. The standard InChI is InChI=1S/C18H12Br2F6O6S2/c19-13-6-12-4-2-10-8-16(32-34(29,30)18(24,25)26)11(5-14(10)20)3-1-9(13)7-15(12)31-33(27,28)17(21,22)23/h5-8H,1-4H2. The zero-order chi connectivity index (χ0) is 25.7. The van der Waals surface area contributed by atoms with Gasteiger partial charge in [-0.1, -0.05) is 31.9 Å². The first kappa shape index (κ1) is 27.1. The van der Waals surface area contributed by atoms with Crippen LogP contribution >= 0.6 is 31.9 Å². The van der Waals surface area contributed by atoms with Gasteiger partial charge in [-0.15, -0.1) is 0 Å². The highest BCUT2D eigenvalue weighted by molar-refractivity contribution is 9.10. The van der Waals surface area contributed by atoms with Gasteiger partial charge in [-0.3, -0.25) is 0 Å². The van der Waals surface area contributed by atoms with Gasteiger partial charge in [-0.05, 0) is 72.2 Å². The molecule has 0 radical (unpaired) electrons. The smallest absolute Gasteiger partial charge is 0.376 e. The predicted octanol–water partition coefficient (Wildman–Crippen LogP) is 5.55. The molecule has 0 amide bonds. The van der Waals surface area contributed by atoms with Gasteiger partial charge in [0.25, 0.3) is 0 Å². The SMILES string of the molecule is O=S(=O)(Oc1cc2c(Br)cc1CCc1cc(OS(=O)(=O)C(F)(F)F)c(cc1Br)CC2)C(F)(F)F. The summed E-state index contributed by atoms with van der Waals surface area (Å²) >= 11 is 6.47. The van der Waals surface area contributed by atoms with E-state index in [2.05, 4.69) is 40.2 Å². The summed E-state index contributed by atoms with van der Waals surface area (Å²) in [6, 6.07) is 4.95. The van der Waals surface area contributed by atoms with Crippen LogP contribution in [-0.4, -0.2) is 27.9 Å². The van der Waals surface area contributed by atoms with Crippen molar-refractivity contribution in [1.29, 1.82) is 0 Å².